The van der Waals surface area contributed by atoms with Gasteiger partial charge in [-0.05, 0) is 60.7 Å². The minimum Gasteiger partial charge on any atom is -0.497 e. The standard InChI is InChI=1S/C25H31FN2O4/c1-17(2)22(28-23(29)18-7-9-21(31-3)10-8-18)24(30)27-16-25(11-13-32-14-12-25)19-5-4-6-20(26)15-19/h4-10,15,17,22H,11-14,16H2,1-3H3,(H,27,30)(H,28,29). The lowest BCUT2D eigenvalue weighted by atomic mass is 9.74. The van der Waals surface area contributed by atoms with Crippen LogP contribution in [-0.2, 0) is 14.9 Å². The van der Waals surface area contributed by atoms with Crippen molar-refractivity contribution in [3.63, 3.8) is 0 Å². The Bertz CT molecular complexity index is 924. The van der Waals surface area contributed by atoms with E-state index in [1.165, 1.54) is 12.1 Å². The van der Waals surface area contributed by atoms with Gasteiger partial charge < -0.3 is 20.1 Å². The molecule has 2 aromatic rings. The van der Waals surface area contributed by atoms with Crippen molar-refractivity contribution in [1.82, 2.24) is 10.6 Å². The fraction of sp³-hybridized carbons (Fsp3) is 0.440. The average molecular weight is 443 g/mol. The summed E-state index contributed by atoms with van der Waals surface area (Å²) < 4.78 is 24.5. The highest BCUT2D eigenvalue weighted by atomic mass is 19.1. The van der Waals surface area contributed by atoms with Crippen LogP contribution in [0.25, 0.3) is 0 Å². The van der Waals surface area contributed by atoms with Crippen LogP contribution in [-0.4, -0.2) is 44.7 Å². The van der Waals surface area contributed by atoms with Crippen molar-refractivity contribution in [2.24, 2.45) is 5.92 Å². The van der Waals surface area contributed by atoms with Crippen molar-refractivity contribution >= 4 is 11.8 Å². The third kappa shape index (κ3) is 5.65. The molecule has 1 atom stereocenters. The van der Waals surface area contributed by atoms with Crippen molar-refractivity contribution in [3.05, 3.63) is 65.5 Å². The number of rotatable bonds is 8. The topological polar surface area (TPSA) is 76.7 Å². The number of carbonyl (C=O) groups excluding carboxylic acids is 2. The largest absolute Gasteiger partial charge is 0.497 e. The van der Waals surface area contributed by atoms with Crippen molar-refractivity contribution < 1.29 is 23.5 Å². The van der Waals surface area contributed by atoms with E-state index in [-0.39, 0.29) is 23.5 Å². The van der Waals surface area contributed by atoms with Gasteiger partial charge in [-0.2, -0.15) is 0 Å². The molecule has 2 N–H and O–H groups in total. The van der Waals surface area contributed by atoms with Crippen LogP contribution in [0.1, 0.15) is 42.6 Å². The van der Waals surface area contributed by atoms with Crippen LogP contribution < -0.4 is 15.4 Å². The summed E-state index contributed by atoms with van der Waals surface area (Å²) in [5, 5.41) is 5.86. The number of halogens is 1. The monoisotopic (exact) mass is 442 g/mol. The molecule has 1 unspecified atom stereocenters. The zero-order chi connectivity index (χ0) is 23.1. The second kappa shape index (κ2) is 10.6. The molecular formula is C25H31FN2O4. The SMILES string of the molecule is COc1ccc(C(=O)NC(C(=O)NCC2(c3cccc(F)c3)CCOCC2)C(C)C)cc1. The lowest BCUT2D eigenvalue weighted by Crippen LogP contribution is -2.53. The summed E-state index contributed by atoms with van der Waals surface area (Å²) in [6, 6.07) is 12.5. The van der Waals surface area contributed by atoms with Crippen LogP contribution in [0.3, 0.4) is 0 Å². The predicted molar refractivity (Wildman–Crippen MR) is 120 cm³/mol. The normalized spacial score (nSPS) is 16.3. The maximum Gasteiger partial charge on any atom is 0.251 e. The molecule has 32 heavy (non-hydrogen) atoms. The number of methoxy groups -OCH3 is 1. The van der Waals surface area contributed by atoms with Crippen LogP contribution in [0, 0.1) is 11.7 Å². The fourth-order valence-corrected chi connectivity index (χ4v) is 4.02. The van der Waals surface area contributed by atoms with Gasteiger partial charge in [0.2, 0.25) is 5.91 Å². The highest BCUT2D eigenvalue weighted by Crippen LogP contribution is 2.34. The zero-order valence-electron chi connectivity index (χ0n) is 18.8. The Hall–Kier alpha value is -2.93. The Labute approximate surface area is 188 Å². The Balaban J connectivity index is 1.70. The van der Waals surface area contributed by atoms with Crippen molar-refractivity contribution in [2.75, 3.05) is 26.9 Å². The molecule has 1 fully saturated rings. The molecule has 1 aliphatic heterocycles. The number of benzene rings is 2. The van der Waals surface area contributed by atoms with E-state index in [1.54, 1.807) is 37.4 Å². The van der Waals surface area contributed by atoms with Crippen LogP contribution in [0.4, 0.5) is 4.39 Å². The summed E-state index contributed by atoms with van der Waals surface area (Å²) >= 11 is 0. The quantitative estimate of drug-likeness (QED) is 0.657. The summed E-state index contributed by atoms with van der Waals surface area (Å²) in [6.45, 7) is 5.22. The molecule has 2 aromatic carbocycles. The number of amides is 2. The van der Waals surface area contributed by atoms with Crippen LogP contribution in [0.5, 0.6) is 5.75 Å². The number of carbonyl (C=O) groups is 2. The van der Waals surface area contributed by atoms with Crippen LogP contribution >= 0.6 is 0 Å². The molecule has 1 aliphatic rings. The summed E-state index contributed by atoms with van der Waals surface area (Å²) in [6.07, 6.45) is 1.36. The highest BCUT2D eigenvalue weighted by molar-refractivity contribution is 5.97. The molecule has 0 radical (unpaired) electrons. The van der Waals surface area contributed by atoms with E-state index < -0.39 is 11.5 Å². The molecule has 0 bridgehead atoms. The first-order valence-corrected chi connectivity index (χ1v) is 10.9. The summed E-state index contributed by atoms with van der Waals surface area (Å²) in [5.74, 6) is -0.348. The van der Waals surface area contributed by atoms with Gasteiger partial charge in [0.15, 0.2) is 0 Å². The van der Waals surface area contributed by atoms with E-state index in [4.69, 9.17) is 9.47 Å². The first-order chi connectivity index (χ1) is 15.3. The van der Waals surface area contributed by atoms with Gasteiger partial charge in [-0.15, -0.1) is 0 Å². The smallest absolute Gasteiger partial charge is 0.251 e. The summed E-state index contributed by atoms with van der Waals surface area (Å²) in [4.78, 5) is 25.8. The lowest BCUT2D eigenvalue weighted by Gasteiger charge is -2.38. The van der Waals surface area contributed by atoms with E-state index in [2.05, 4.69) is 10.6 Å². The van der Waals surface area contributed by atoms with Gasteiger partial charge in [-0.3, -0.25) is 9.59 Å². The lowest BCUT2D eigenvalue weighted by molar-refractivity contribution is -0.124. The third-order valence-corrected chi connectivity index (χ3v) is 6.08. The summed E-state index contributed by atoms with van der Waals surface area (Å²) in [7, 11) is 1.56. The Morgan fingerprint density at radius 3 is 2.41 bits per heavy atom. The third-order valence-electron chi connectivity index (χ3n) is 6.08. The Morgan fingerprint density at radius 2 is 1.81 bits per heavy atom. The number of hydrogen-bond acceptors (Lipinski definition) is 4. The van der Waals surface area contributed by atoms with Gasteiger partial charge in [0.25, 0.3) is 5.91 Å². The van der Waals surface area contributed by atoms with Gasteiger partial charge in [0, 0.05) is 30.7 Å². The van der Waals surface area contributed by atoms with Crippen LogP contribution in [0.2, 0.25) is 0 Å². The Kier molecular flexibility index (Phi) is 7.85. The Morgan fingerprint density at radius 1 is 1.12 bits per heavy atom. The molecule has 0 saturated carbocycles. The van der Waals surface area contributed by atoms with Gasteiger partial charge in [-0.1, -0.05) is 26.0 Å². The highest BCUT2D eigenvalue weighted by Gasteiger charge is 2.36. The zero-order valence-corrected chi connectivity index (χ0v) is 18.8. The average Bonchev–Trinajstić information content (AvgIpc) is 2.81. The molecule has 0 aromatic heterocycles. The van der Waals surface area contributed by atoms with E-state index in [1.807, 2.05) is 19.9 Å². The minimum atomic E-state index is -0.700. The molecule has 6 nitrogen and oxygen atoms in total. The second-order valence-electron chi connectivity index (χ2n) is 8.54. The predicted octanol–water partition coefficient (Wildman–Crippen LogP) is 3.45. The number of hydrogen-bond donors (Lipinski definition) is 2. The molecule has 7 heteroatoms. The maximum atomic E-state index is 13.9. The van der Waals surface area contributed by atoms with Gasteiger partial charge in [-0.25, -0.2) is 4.39 Å². The molecular weight excluding hydrogens is 411 g/mol. The van der Waals surface area contributed by atoms with E-state index in [9.17, 15) is 14.0 Å². The molecule has 0 aliphatic carbocycles. The van der Waals surface area contributed by atoms with Gasteiger partial charge >= 0.3 is 0 Å². The summed E-state index contributed by atoms with van der Waals surface area (Å²) in [5.41, 5.74) is 0.895. The van der Waals surface area contributed by atoms with E-state index in [0.717, 1.165) is 5.56 Å². The molecule has 0 spiro atoms. The molecule has 172 valence electrons. The fourth-order valence-electron chi connectivity index (χ4n) is 4.02. The van der Waals surface area contributed by atoms with Gasteiger partial charge in [0.1, 0.15) is 17.6 Å². The van der Waals surface area contributed by atoms with Crippen molar-refractivity contribution in [1.29, 1.82) is 0 Å². The van der Waals surface area contributed by atoms with E-state index >= 15 is 0 Å². The van der Waals surface area contributed by atoms with Crippen molar-refractivity contribution in [2.45, 2.75) is 38.1 Å². The number of ether oxygens (including phenoxy) is 2. The minimum absolute atomic E-state index is 0.114. The molecule has 2 amide bonds. The van der Waals surface area contributed by atoms with Crippen molar-refractivity contribution in [3.8, 4) is 5.75 Å². The van der Waals surface area contributed by atoms with E-state index in [0.29, 0.717) is 43.9 Å². The van der Waals surface area contributed by atoms with Gasteiger partial charge in [0.05, 0.1) is 7.11 Å². The number of nitrogens with one attached hydrogen (secondary N) is 2. The molecule has 1 saturated heterocycles. The molecule has 3 rings (SSSR count). The first-order valence-electron chi connectivity index (χ1n) is 10.9. The second-order valence-corrected chi connectivity index (χ2v) is 8.54. The molecule has 1 heterocycles. The maximum absolute atomic E-state index is 13.9. The first kappa shape index (κ1) is 23.7. The van der Waals surface area contributed by atoms with Crippen LogP contribution in [0.15, 0.2) is 48.5 Å².